The molecule has 6 heteroatoms. The van der Waals surface area contributed by atoms with E-state index in [1.54, 1.807) is 0 Å². The summed E-state index contributed by atoms with van der Waals surface area (Å²) in [5.74, 6) is 0. The molecule has 0 unspecified atom stereocenters. The molecular formula is CH7AlCaO4. The zero-order chi connectivity index (χ0) is 4.28. The standard InChI is InChI=1S/CH2O4.Al.Ca.5H/c2-1(3)5-4;;;;;;;/h4H,(H,2,3);;;;;;;/q;;+2;;;;2*-1. The van der Waals surface area contributed by atoms with Crippen molar-refractivity contribution in [2.24, 2.45) is 0 Å². The molecule has 0 aliphatic heterocycles. The van der Waals surface area contributed by atoms with Crippen LogP contribution in [0.5, 0.6) is 0 Å². The van der Waals surface area contributed by atoms with Gasteiger partial charge < -0.3 is 7.96 Å². The second-order valence-corrected chi connectivity index (χ2v) is 0.357. The molecular weight excluding hydrogens is 143 g/mol. The monoisotopic (exact) mass is 150 g/mol. The third kappa shape index (κ3) is 19.4. The van der Waals surface area contributed by atoms with E-state index in [9.17, 15) is 0 Å². The molecule has 2 N–H and O–H groups in total. The fourth-order valence-electron chi connectivity index (χ4n) is 0. The minimum atomic E-state index is -1.69. The normalized spacial score (nSPS) is 4.71. The van der Waals surface area contributed by atoms with Crippen molar-refractivity contribution in [3.63, 3.8) is 0 Å². The van der Waals surface area contributed by atoms with Crippen molar-refractivity contribution in [2.75, 3.05) is 0 Å². The number of rotatable bonds is 0. The van der Waals surface area contributed by atoms with E-state index in [0.29, 0.717) is 0 Å². The van der Waals surface area contributed by atoms with Crippen molar-refractivity contribution in [1.82, 2.24) is 0 Å². The molecule has 40 valence electrons. The molecule has 0 heterocycles. The molecule has 0 aromatic heterocycles. The van der Waals surface area contributed by atoms with Crippen LogP contribution in [0.2, 0.25) is 0 Å². The van der Waals surface area contributed by atoms with Crippen LogP contribution in [-0.4, -0.2) is 71.6 Å². The minimum absolute atomic E-state index is 0. The number of carboxylic acid groups (broad SMARTS) is 1. The molecule has 7 heavy (non-hydrogen) atoms. The summed E-state index contributed by atoms with van der Waals surface area (Å²) in [6.07, 6.45) is -1.69. The maximum atomic E-state index is 8.90. The van der Waals surface area contributed by atoms with E-state index in [4.69, 9.17) is 15.2 Å². The smallest absolute Gasteiger partial charge is 1.00 e. The van der Waals surface area contributed by atoms with E-state index in [1.165, 1.54) is 0 Å². The molecule has 0 saturated heterocycles. The topological polar surface area (TPSA) is 66.8 Å². The van der Waals surface area contributed by atoms with Gasteiger partial charge >= 0.3 is 43.9 Å². The first kappa shape index (κ1) is 15.7. The second kappa shape index (κ2) is 10.1. The summed E-state index contributed by atoms with van der Waals surface area (Å²) in [7, 11) is 0. The van der Waals surface area contributed by atoms with Crippen LogP contribution in [0.15, 0.2) is 0 Å². The Labute approximate surface area is 83.5 Å². The summed E-state index contributed by atoms with van der Waals surface area (Å²) < 4.78 is 0. The molecule has 0 bridgehead atoms. The Morgan fingerprint density at radius 3 is 1.86 bits per heavy atom. The molecule has 0 rings (SSSR count). The van der Waals surface area contributed by atoms with Crippen molar-refractivity contribution in [2.45, 2.75) is 0 Å². The Morgan fingerprint density at radius 2 is 1.86 bits per heavy atom. The van der Waals surface area contributed by atoms with Gasteiger partial charge in [-0.3, -0.25) is 4.89 Å². The van der Waals surface area contributed by atoms with Crippen molar-refractivity contribution >= 4 is 61.3 Å². The van der Waals surface area contributed by atoms with Gasteiger partial charge in [-0.05, 0) is 0 Å². The van der Waals surface area contributed by atoms with Crippen molar-refractivity contribution < 1.29 is 22.9 Å². The van der Waals surface area contributed by atoms with Crippen molar-refractivity contribution in [3.05, 3.63) is 0 Å². The van der Waals surface area contributed by atoms with Gasteiger partial charge in [0.1, 0.15) is 0 Å². The first-order valence-corrected chi connectivity index (χ1v) is 0.814. The molecule has 0 radical (unpaired) electrons. The van der Waals surface area contributed by atoms with E-state index in [2.05, 4.69) is 4.89 Å². The zero-order valence-electron chi connectivity index (χ0n) is 4.92. The summed E-state index contributed by atoms with van der Waals surface area (Å²) in [5.41, 5.74) is 0. The van der Waals surface area contributed by atoms with Crippen LogP contribution in [0.1, 0.15) is 2.85 Å². The van der Waals surface area contributed by atoms with E-state index in [0.717, 1.165) is 0 Å². The van der Waals surface area contributed by atoms with Crippen molar-refractivity contribution in [1.29, 1.82) is 0 Å². The fourth-order valence-corrected chi connectivity index (χ4v) is 0. The quantitative estimate of drug-likeness (QED) is 0.259. The zero-order valence-corrected chi connectivity index (χ0v) is 5.13. The molecule has 0 aliphatic rings. The van der Waals surface area contributed by atoms with E-state index in [1.807, 2.05) is 0 Å². The first-order valence-electron chi connectivity index (χ1n) is 0.814. The van der Waals surface area contributed by atoms with E-state index < -0.39 is 6.16 Å². The molecule has 0 amide bonds. The predicted octanol–water partition coefficient (Wildman–Crippen LogP) is -1.19. The van der Waals surface area contributed by atoms with Gasteiger partial charge in [-0.2, -0.15) is 5.26 Å². The fraction of sp³-hybridized carbons (Fsp3) is 0. The third-order valence-corrected chi connectivity index (χ3v) is 0.0781. The summed E-state index contributed by atoms with van der Waals surface area (Å²) in [4.78, 5) is 11.6. The van der Waals surface area contributed by atoms with Crippen molar-refractivity contribution in [3.8, 4) is 0 Å². The van der Waals surface area contributed by atoms with E-state index in [-0.39, 0.29) is 58.0 Å². The second-order valence-electron chi connectivity index (χ2n) is 0.357. The maximum Gasteiger partial charge on any atom is 2.00 e. The molecule has 4 nitrogen and oxygen atoms in total. The summed E-state index contributed by atoms with van der Waals surface area (Å²) in [5, 5.41) is 14.3. The molecule has 0 aliphatic carbocycles. The van der Waals surface area contributed by atoms with Gasteiger partial charge in [-0.15, -0.1) is 0 Å². The molecule has 0 aromatic rings. The summed E-state index contributed by atoms with van der Waals surface area (Å²) >= 11 is 0. The van der Waals surface area contributed by atoms with Crippen LogP contribution in [0.3, 0.4) is 0 Å². The largest absolute Gasteiger partial charge is 2.00 e. The van der Waals surface area contributed by atoms with Gasteiger partial charge in [0.15, 0.2) is 17.4 Å². The molecule has 0 aromatic carbocycles. The van der Waals surface area contributed by atoms with Crippen LogP contribution in [-0.2, 0) is 4.89 Å². The predicted molar refractivity (Wildman–Crippen MR) is 29.7 cm³/mol. The third-order valence-electron chi connectivity index (χ3n) is 0.0781. The Morgan fingerprint density at radius 1 is 1.71 bits per heavy atom. The van der Waals surface area contributed by atoms with Crippen LogP contribution < -0.4 is 0 Å². The Balaban J connectivity index is -0.0000000133. The average molecular weight is 150 g/mol. The van der Waals surface area contributed by atoms with E-state index >= 15 is 0 Å². The van der Waals surface area contributed by atoms with Gasteiger partial charge in [-0.1, -0.05) is 0 Å². The molecule has 0 atom stereocenters. The SMILES string of the molecule is O=C(O)OO.[AlH3].[Ca+2].[H-].[H-]. The van der Waals surface area contributed by atoms with Gasteiger partial charge in [0.05, 0.1) is 0 Å². The molecule has 0 fully saturated rings. The van der Waals surface area contributed by atoms with Crippen LogP contribution in [0.25, 0.3) is 0 Å². The number of hydrogen-bond acceptors (Lipinski definition) is 3. The van der Waals surface area contributed by atoms with Gasteiger partial charge in [-0.25, -0.2) is 4.79 Å². The Kier molecular flexibility index (Phi) is 22.6. The maximum absolute atomic E-state index is 8.90. The van der Waals surface area contributed by atoms with Crippen LogP contribution >= 0.6 is 0 Å². The van der Waals surface area contributed by atoms with Gasteiger partial charge in [0.2, 0.25) is 0 Å². The Hall–Kier alpha value is 1.02. The number of carbonyl (C=O) groups is 1. The number of hydrogen-bond donors (Lipinski definition) is 2. The minimum Gasteiger partial charge on any atom is -1.00 e. The average Bonchev–Trinajstić information content (AvgIpc) is 1.38. The van der Waals surface area contributed by atoms with Gasteiger partial charge in [0.25, 0.3) is 0 Å². The Bertz CT molecular complexity index is 53.8. The first-order chi connectivity index (χ1) is 2.27. The molecule has 0 spiro atoms. The van der Waals surface area contributed by atoms with Crippen LogP contribution in [0, 0.1) is 0 Å². The summed E-state index contributed by atoms with van der Waals surface area (Å²) in [6, 6.07) is 0. The summed E-state index contributed by atoms with van der Waals surface area (Å²) in [6.45, 7) is 0. The van der Waals surface area contributed by atoms with Gasteiger partial charge in [0, 0.05) is 0 Å². The molecule has 0 saturated carbocycles. The van der Waals surface area contributed by atoms with Crippen LogP contribution in [0.4, 0.5) is 4.79 Å².